The highest BCUT2D eigenvalue weighted by molar-refractivity contribution is 7.84. The Morgan fingerprint density at radius 2 is 2.25 bits per heavy atom. The second-order valence-electron chi connectivity index (χ2n) is 3.87. The number of piperidine rings is 1. The lowest BCUT2D eigenvalue weighted by molar-refractivity contribution is 0.405. The Morgan fingerprint density at radius 3 is 2.94 bits per heavy atom. The van der Waals surface area contributed by atoms with Gasteiger partial charge in [-0.2, -0.15) is 0 Å². The van der Waals surface area contributed by atoms with Crippen LogP contribution in [0.15, 0.2) is 17.3 Å². The second kappa shape index (κ2) is 5.70. The molecule has 1 saturated heterocycles. The maximum absolute atomic E-state index is 12.0. The van der Waals surface area contributed by atoms with Gasteiger partial charge in [0.25, 0.3) is 0 Å². The molecule has 0 bridgehead atoms. The van der Waals surface area contributed by atoms with E-state index in [4.69, 9.17) is 11.6 Å². The topological polar surface area (TPSA) is 54.9 Å². The second-order valence-corrected chi connectivity index (χ2v) is 5.65. The summed E-state index contributed by atoms with van der Waals surface area (Å²) in [5.74, 6) is 1.20. The summed E-state index contributed by atoms with van der Waals surface area (Å²) in [4.78, 5) is 7.76. The Morgan fingerprint density at radius 1 is 1.50 bits per heavy atom. The van der Waals surface area contributed by atoms with E-state index in [0.717, 1.165) is 25.9 Å². The molecule has 0 aromatic carbocycles. The van der Waals surface area contributed by atoms with E-state index in [2.05, 4.69) is 15.3 Å². The number of halogens is 1. The first kappa shape index (κ1) is 12.0. The Kier molecular flexibility index (Phi) is 4.26. The first-order valence-corrected chi connectivity index (χ1v) is 7.03. The number of hydrogen-bond donors (Lipinski definition) is 1. The van der Waals surface area contributed by atoms with Crippen molar-refractivity contribution in [2.75, 3.05) is 18.8 Å². The van der Waals surface area contributed by atoms with E-state index in [-0.39, 0.29) is 5.28 Å². The molecular formula is C10H14ClN3OS. The molecule has 2 heterocycles. The van der Waals surface area contributed by atoms with Crippen molar-refractivity contribution in [3.05, 3.63) is 17.5 Å². The number of hydrogen-bond acceptors (Lipinski definition) is 4. The monoisotopic (exact) mass is 259 g/mol. The zero-order chi connectivity index (χ0) is 11.4. The van der Waals surface area contributed by atoms with Crippen LogP contribution in [0.3, 0.4) is 0 Å². The molecule has 0 radical (unpaired) electrons. The van der Waals surface area contributed by atoms with E-state index in [9.17, 15) is 4.21 Å². The van der Waals surface area contributed by atoms with Crippen LogP contribution in [-0.4, -0.2) is 33.0 Å². The summed E-state index contributed by atoms with van der Waals surface area (Å²) in [5.41, 5.74) is 0. The molecule has 2 rings (SSSR count). The van der Waals surface area contributed by atoms with Gasteiger partial charge in [-0.15, -0.1) is 0 Å². The number of aromatic nitrogens is 2. The van der Waals surface area contributed by atoms with E-state index in [1.807, 2.05) is 0 Å². The van der Waals surface area contributed by atoms with Crippen LogP contribution in [0, 0.1) is 5.92 Å². The molecule has 88 valence electrons. The van der Waals surface area contributed by atoms with Gasteiger partial charge in [0.05, 0.1) is 10.8 Å². The average molecular weight is 260 g/mol. The SMILES string of the molecule is O=S(CC1CCNCC1)c1ccnc(Cl)n1. The predicted octanol–water partition coefficient (Wildman–Crippen LogP) is 1.24. The smallest absolute Gasteiger partial charge is 0.223 e. The van der Waals surface area contributed by atoms with Gasteiger partial charge in [-0.1, -0.05) is 0 Å². The summed E-state index contributed by atoms with van der Waals surface area (Å²) >= 11 is 5.67. The van der Waals surface area contributed by atoms with Crippen LogP contribution < -0.4 is 5.32 Å². The lowest BCUT2D eigenvalue weighted by Crippen LogP contribution is -2.30. The van der Waals surface area contributed by atoms with E-state index >= 15 is 0 Å². The third kappa shape index (κ3) is 3.23. The molecule has 1 unspecified atom stereocenters. The lowest BCUT2D eigenvalue weighted by Gasteiger charge is -2.21. The molecule has 0 amide bonds. The largest absolute Gasteiger partial charge is 0.317 e. The first-order chi connectivity index (χ1) is 7.75. The standard InChI is InChI=1S/C10H14ClN3OS/c11-10-13-6-3-9(14-10)16(15)7-8-1-4-12-5-2-8/h3,6,8,12H,1-2,4-5,7H2. The zero-order valence-corrected chi connectivity index (χ0v) is 10.4. The molecule has 1 fully saturated rings. The maximum atomic E-state index is 12.0. The van der Waals surface area contributed by atoms with Crippen LogP contribution in [0.5, 0.6) is 0 Å². The summed E-state index contributed by atoms with van der Waals surface area (Å²) in [6, 6.07) is 1.67. The fourth-order valence-electron chi connectivity index (χ4n) is 1.79. The summed E-state index contributed by atoms with van der Waals surface area (Å²) in [7, 11) is -1.05. The van der Waals surface area contributed by atoms with Gasteiger partial charge in [0.15, 0.2) is 0 Å². The van der Waals surface area contributed by atoms with Crippen LogP contribution in [0.25, 0.3) is 0 Å². The maximum Gasteiger partial charge on any atom is 0.223 e. The molecule has 1 aliphatic rings. The summed E-state index contributed by atoms with van der Waals surface area (Å²) in [6.45, 7) is 2.04. The first-order valence-electron chi connectivity index (χ1n) is 5.33. The third-order valence-electron chi connectivity index (χ3n) is 2.68. The van der Waals surface area contributed by atoms with Crippen LogP contribution in [0.1, 0.15) is 12.8 Å². The quantitative estimate of drug-likeness (QED) is 0.656. The fraction of sp³-hybridized carbons (Fsp3) is 0.600. The molecule has 0 spiro atoms. The Bertz CT molecular complexity index is 382. The highest BCUT2D eigenvalue weighted by Crippen LogP contribution is 2.16. The van der Waals surface area contributed by atoms with Crippen molar-refractivity contribution in [3.8, 4) is 0 Å². The van der Waals surface area contributed by atoms with Crippen molar-refractivity contribution in [2.45, 2.75) is 17.9 Å². The predicted molar refractivity (Wildman–Crippen MR) is 63.9 cm³/mol. The molecule has 1 N–H and O–H groups in total. The number of nitrogens with one attached hydrogen (secondary N) is 1. The van der Waals surface area contributed by atoms with E-state index in [0.29, 0.717) is 16.7 Å². The minimum atomic E-state index is -1.05. The molecule has 0 aliphatic carbocycles. The van der Waals surface area contributed by atoms with Crippen LogP contribution in [-0.2, 0) is 10.8 Å². The molecule has 0 saturated carbocycles. The van der Waals surface area contributed by atoms with Crippen LogP contribution >= 0.6 is 11.6 Å². The van der Waals surface area contributed by atoms with Crippen molar-refractivity contribution in [2.24, 2.45) is 5.92 Å². The average Bonchev–Trinajstić information content (AvgIpc) is 2.30. The van der Waals surface area contributed by atoms with Crippen LogP contribution in [0.2, 0.25) is 5.28 Å². The summed E-state index contributed by atoms with van der Waals surface area (Å²) < 4.78 is 12.0. The third-order valence-corrected chi connectivity index (χ3v) is 4.33. The van der Waals surface area contributed by atoms with E-state index in [1.54, 1.807) is 12.3 Å². The zero-order valence-electron chi connectivity index (χ0n) is 8.86. The van der Waals surface area contributed by atoms with E-state index in [1.165, 1.54) is 0 Å². The van der Waals surface area contributed by atoms with Crippen molar-refractivity contribution < 1.29 is 4.21 Å². The Balaban J connectivity index is 1.97. The van der Waals surface area contributed by atoms with Gasteiger partial charge in [0, 0.05) is 11.9 Å². The van der Waals surface area contributed by atoms with Gasteiger partial charge < -0.3 is 5.32 Å². The van der Waals surface area contributed by atoms with Crippen molar-refractivity contribution in [1.82, 2.24) is 15.3 Å². The van der Waals surface area contributed by atoms with Crippen molar-refractivity contribution >= 4 is 22.4 Å². The van der Waals surface area contributed by atoms with Gasteiger partial charge >= 0.3 is 0 Å². The van der Waals surface area contributed by atoms with Gasteiger partial charge in [-0.25, -0.2) is 9.97 Å². The Hall–Kier alpha value is -0.520. The van der Waals surface area contributed by atoms with Gasteiger partial charge in [0.2, 0.25) is 5.28 Å². The highest BCUT2D eigenvalue weighted by atomic mass is 35.5. The molecule has 16 heavy (non-hydrogen) atoms. The van der Waals surface area contributed by atoms with Gasteiger partial charge in [-0.3, -0.25) is 4.21 Å². The minimum absolute atomic E-state index is 0.163. The summed E-state index contributed by atoms with van der Waals surface area (Å²) in [6.07, 6.45) is 3.72. The molecule has 6 heteroatoms. The van der Waals surface area contributed by atoms with Crippen molar-refractivity contribution in [3.63, 3.8) is 0 Å². The molecule has 1 aromatic heterocycles. The minimum Gasteiger partial charge on any atom is -0.317 e. The molecular weight excluding hydrogens is 246 g/mol. The normalized spacial score (nSPS) is 19.6. The number of nitrogens with zero attached hydrogens (tertiary/aromatic N) is 2. The molecule has 1 atom stereocenters. The molecule has 4 nitrogen and oxygen atoms in total. The van der Waals surface area contributed by atoms with Crippen molar-refractivity contribution in [1.29, 1.82) is 0 Å². The van der Waals surface area contributed by atoms with Gasteiger partial charge in [0.1, 0.15) is 5.03 Å². The van der Waals surface area contributed by atoms with Crippen LogP contribution in [0.4, 0.5) is 0 Å². The lowest BCUT2D eigenvalue weighted by atomic mass is 10.0. The Labute approximate surface area is 102 Å². The van der Waals surface area contributed by atoms with E-state index < -0.39 is 10.8 Å². The molecule has 1 aromatic rings. The highest BCUT2D eigenvalue weighted by Gasteiger charge is 2.17. The molecule has 1 aliphatic heterocycles. The number of rotatable bonds is 3. The fourth-order valence-corrected chi connectivity index (χ4v) is 3.32. The summed E-state index contributed by atoms with van der Waals surface area (Å²) in [5, 5.41) is 3.99. The van der Waals surface area contributed by atoms with Gasteiger partial charge in [-0.05, 0) is 49.5 Å².